The second-order valence-electron chi connectivity index (χ2n) is 5.89. The average Bonchev–Trinajstić information content (AvgIpc) is 2.91. The van der Waals surface area contributed by atoms with Crippen molar-refractivity contribution >= 4 is 0 Å². The van der Waals surface area contributed by atoms with Crippen molar-refractivity contribution in [3.8, 4) is 0 Å². The zero-order chi connectivity index (χ0) is 13.1. The first-order valence-electron chi connectivity index (χ1n) is 7.60. The van der Waals surface area contributed by atoms with E-state index in [0.29, 0.717) is 6.04 Å². The quantitative estimate of drug-likeness (QED) is 0.810. The summed E-state index contributed by atoms with van der Waals surface area (Å²) in [6.07, 6.45) is 6.21. The van der Waals surface area contributed by atoms with Crippen LogP contribution >= 0.6 is 0 Å². The van der Waals surface area contributed by atoms with Crippen LogP contribution in [0.3, 0.4) is 0 Å². The van der Waals surface area contributed by atoms with Gasteiger partial charge in [-0.1, -0.05) is 12.1 Å². The number of nitrogens with zero attached hydrogens (tertiary/aromatic N) is 3. The fraction of sp³-hybridized carbons (Fsp3) is 0.857. The maximum Gasteiger partial charge on any atom is 0.226 e. The van der Waals surface area contributed by atoms with Gasteiger partial charge in [-0.2, -0.15) is 4.98 Å². The van der Waals surface area contributed by atoms with Crippen molar-refractivity contribution in [2.75, 3.05) is 19.6 Å². The molecule has 1 saturated heterocycles. The molecule has 0 aromatic carbocycles. The van der Waals surface area contributed by atoms with Crippen LogP contribution in [0.4, 0.5) is 0 Å². The van der Waals surface area contributed by atoms with E-state index >= 15 is 0 Å². The number of rotatable bonds is 7. The monoisotopic (exact) mass is 264 g/mol. The smallest absolute Gasteiger partial charge is 0.226 e. The lowest BCUT2D eigenvalue weighted by Crippen LogP contribution is -2.38. The van der Waals surface area contributed by atoms with E-state index < -0.39 is 0 Å². The first kappa shape index (κ1) is 13.1. The average molecular weight is 264 g/mol. The number of hydrogen-bond acceptors (Lipinski definition) is 5. The standard InChI is InChI=1S/C14H24N4O/c1-2-14-16-13(17-19-14)10-18(8-11-5-6-11)9-12-4-3-7-15-12/h11-12,15H,2-10H2,1H3. The third kappa shape index (κ3) is 3.76. The largest absolute Gasteiger partial charge is 0.339 e. The van der Waals surface area contributed by atoms with Gasteiger partial charge in [-0.15, -0.1) is 0 Å². The molecule has 1 N–H and O–H groups in total. The predicted octanol–water partition coefficient (Wildman–Crippen LogP) is 1.60. The molecule has 0 amide bonds. The van der Waals surface area contributed by atoms with Crippen molar-refractivity contribution in [1.82, 2.24) is 20.4 Å². The van der Waals surface area contributed by atoms with E-state index in [0.717, 1.165) is 37.1 Å². The lowest BCUT2D eigenvalue weighted by molar-refractivity contribution is 0.223. The van der Waals surface area contributed by atoms with Crippen molar-refractivity contribution in [3.63, 3.8) is 0 Å². The van der Waals surface area contributed by atoms with Crippen molar-refractivity contribution in [1.29, 1.82) is 0 Å². The molecular weight excluding hydrogens is 240 g/mol. The highest BCUT2D eigenvalue weighted by Gasteiger charge is 2.27. The molecule has 5 nitrogen and oxygen atoms in total. The fourth-order valence-corrected chi connectivity index (χ4v) is 2.79. The molecule has 1 atom stereocenters. The molecule has 1 aromatic heterocycles. The van der Waals surface area contributed by atoms with Gasteiger partial charge in [0.2, 0.25) is 5.89 Å². The van der Waals surface area contributed by atoms with Crippen molar-refractivity contribution < 1.29 is 4.52 Å². The van der Waals surface area contributed by atoms with Crippen LogP contribution in [-0.2, 0) is 13.0 Å². The third-order valence-electron chi connectivity index (χ3n) is 4.03. The summed E-state index contributed by atoms with van der Waals surface area (Å²) in [7, 11) is 0. The van der Waals surface area contributed by atoms with Crippen LogP contribution in [0.2, 0.25) is 0 Å². The fourth-order valence-electron chi connectivity index (χ4n) is 2.79. The molecule has 0 radical (unpaired) electrons. The third-order valence-corrected chi connectivity index (χ3v) is 4.03. The Labute approximate surface area is 114 Å². The Morgan fingerprint density at radius 1 is 1.32 bits per heavy atom. The van der Waals surface area contributed by atoms with Crippen molar-refractivity contribution in [3.05, 3.63) is 11.7 Å². The second-order valence-corrected chi connectivity index (χ2v) is 5.89. The molecule has 1 aromatic rings. The number of nitrogens with one attached hydrogen (secondary N) is 1. The second kappa shape index (κ2) is 6.01. The molecular formula is C14H24N4O. The first-order chi connectivity index (χ1) is 9.33. The van der Waals surface area contributed by atoms with Crippen LogP contribution in [0, 0.1) is 5.92 Å². The van der Waals surface area contributed by atoms with E-state index in [1.807, 2.05) is 6.92 Å². The number of aryl methyl sites for hydroxylation is 1. The molecule has 0 bridgehead atoms. The van der Waals surface area contributed by atoms with Crippen LogP contribution in [0.1, 0.15) is 44.3 Å². The van der Waals surface area contributed by atoms with Crippen LogP contribution in [0.15, 0.2) is 4.52 Å². The molecule has 2 aliphatic rings. The first-order valence-corrected chi connectivity index (χ1v) is 7.60. The van der Waals surface area contributed by atoms with E-state index in [-0.39, 0.29) is 0 Å². The number of aromatic nitrogens is 2. The van der Waals surface area contributed by atoms with Crippen LogP contribution in [0.5, 0.6) is 0 Å². The van der Waals surface area contributed by atoms with Crippen LogP contribution < -0.4 is 5.32 Å². The van der Waals surface area contributed by atoms with Gasteiger partial charge < -0.3 is 9.84 Å². The molecule has 106 valence electrons. The molecule has 0 spiro atoms. The Morgan fingerprint density at radius 3 is 2.84 bits per heavy atom. The topological polar surface area (TPSA) is 54.2 Å². The summed E-state index contributed by atoms with van der Waals surface area (Å²) in [5, 5.41) is 7.66. The Balaban J connectivity index is 1.57. The van der Waals surface area contributed by atoms with Gasteiger partial charge in [0.25, 0.3) is 0 Å². The van der Waals surface area contributed by atoms with E-state index in [2.05, 4.69) is 20.4 Å². The molecule has 3 rings (SSSR count). The molecule has 2 fully saturated rings. The van der Waals surface area contributed by atoms with Gasteiger partial charge in [0, 0.05) is 25.6 Å². The van der Waals surface area contributed by atoms with Crippen LogP contribution in [-0.4, -0.2) is 40.7 Å². The van der Waals surface area contributed by atoms with Gasteiger partial charge in [-0.25, -0.2) is 0 Å². The minimum atomic E-state index is 0.649. The molecule has 5 heteroatoms. The SMILES string of the molecule is CCc1nc(CN(CC2CC2)CC2CCCN2)no1. The summed E-state index contributed by atoms with van der Waals surface area (Å²) >= 11 is 0. The van der Waals surface area contributed by atoms with Gasteiger partial charge in [0.05, 0.1) is 6.54 Å². The summed E-state index contributed by atoms with van der Waals surface area (Å²) in [5.41, 5.74) is 0. The molecule has 19 heavy (non-hydrogen) atoms. The Morgan fingerprint density at radius 2 is 2.21 bits per heavy atom. The van der Waals surface area contributed by atoms with E-state index in [1.165, 1.54) is 38.8 Å². The summed E-state index contributed by atoms with van der Waals surface area (Å²) in [4.78, 5) is 6.94. The molecule has 1 aliphatic carbocycles. The van der Waals surface area contributed by atoms with E-state index in [4.69, 9.17) is 4.52 Å². The van der Waals surface area contributed by atoms with Gasteiger partial charge in [-0.3, -0.25) is 4.90 Å². The minimum Gasteiger partial charge on any atom is -0.339 e. The highest BCUT2D eigenvalue weighted by molar-refractivity contribution is 4.89. The zero-order valence-corrected chi connectivity index (χ0v) is 11.8. The van der Waals surface area contributed by atoms with Gasteiger partial charge in [0.15, 0.2) is 5.82 Å². The summed E-state index contributed by atoms with van der Waals surface area (Å²) in [6.45, 7) is 6.35. The summed E-state index contributed by atoms with van der Waals surface area (Å²) in [6, 6.07) is 0.649. The van der Waals surface area contributed by atoms with Crippen molar-refractivity contribution in [2.24, 2.45) is 5.92 Å². The normalized spacial score (nSPS) is 23.4. The van der Waals surface area contributed by atoms with Crippen molar-refractivity contribution in [2.45, 2.75) is 51.6 Å². The molecule has 1 aliphatic heterocycles. The minimum absolute atomic E-state index is 0.649. The molecule has 2 heterocycles. The van der Waals surface area contributed by atoms with E-state index in [1.54, 1.807) is 0 Å². The highest BCUT2D eigenvalue weighted by Crippen LogP contribution is 2.30. The number of hydrogen-bond donors (Lipinski definition) is 1. The van der Waals surface area contributed by atoms with Gasteiger partial charge in [0.1, 0.15) is 0 Å². The maximum absolute atomic E-state index is 5.20. The predicted molar refractivity (Wildman–Crippen MR) is 72.7 cm³/mol. The summed E-state index contributed by atoms with van der Waals surface area (Å²) < 4.78 is 5.20. The lowest BCUT2D eigenvalue weighted by atomic mass is 10.2. The Kier molecular flexibility index (Phi) is 4.13. The highest BCUT2D eigenvalue weighted by atomic mass is 16.5. The van der Waals surface area contributed by atoms with Crippen LogP contribution in [0.25, 0.3) is 0 Å². The van der Waals surface area contributed by atoms with Gasteiger partial charge >= 0.3 is 0 Å². The Bertz CT molecular complexity index is 396. The van der Waals surface area contributed by atoms with E-state index in [9.17, 15) is 0 Å². The molecule has 1 saturated carbocycles. The van der Waals surface area contributed by atoms with Gasteiger partial charge in [-0.05, 0) is 38.1 Å². The zero-order valence-electron chi connectivity index (χ0n) is 11.8. The Hall–Kier alpha value is -0.940. The maximum atomic E-state index is 5.20. The summed E-state index contributed by atoms with van der Waals surface area (Å²) in [5.74, 6) is 2.50. The molecule has 1 unspecified atom stereocenters. The lowest BCUT2D eigenvalue weighted by Gasteiger charge is -2.24.